The number of esters is 1. The van der Waals surface area contributed by atoms with Crippen LogP contribution in [0.4, 0.5) is 5.00 Å². The zero-order chi connectivity index (χ0) is 20.3. The lowest BCUT2D eigenvalue weighted by Gasteiger charge is -2.15. The number of carbonyl (C=O) groups excluding carboxylic acids is 2. The van der Waals surface area contributed by atoms with Crippen molar-refractivity contribution in [3.63, 3.8) is 0 Å². The quantitative estimate of drug-likeness (QED) is 0.696. The summed E-state index contributed by atoms with van der Waals surface area (Å²) in [6.45, 7) is 5.97. The van der Waals surface area contributed by atoms with Crippen molar-refractivity contribution in [2.75, 3.05) is 12.4 Å². The molecule has 0 saturated carbocycles. The van der Waals surface area contributed by atoms with Crippen molar-refractivity contribution >= 4 is 28.2 Å². The molecule has 1 aromatic carbocycles. The number of amides is 1. The fourth-order valence-electron chi connectivity index (χ4n) is 3.37. The molecular formula is C22H27NO4S. The van der Waals surface area contributed by atoms with Gasteiger partial charge in [0.05, 0.1) is 12.7 Å². The van der Waals surface area contributed by atoms with Gasteiger partial charge in [-0.25, -0.2) is 4.79 Å². The summed E-state index contributed by atoms with van der Waals surface area (Å²) in [4.78, 5) is 26.2. The molecule has 1 heterocycles. The highest BCUT2D eigenvalue weighted by Crippen LogP contribution is 2.38. The average Bonchev–Trinajstić information content (AvgIpc) is 3.05. The fourth-order valence-corrected chi connectivity index (χ4v) is 4.65. The fraction of sp³-hybridized carbons (Fsp3) is 0.455. The molecule has 3 rings (SSSR count). The number of nitrogens with one attached hydrogen (secondary N) is 1. The second-order valence-corrected chi connectivity index (χ2v) is 8.48. The van der Waals surface area contributed by atoms with E-state index in [1.54, 1.807) is 6.92 Å². The first kappa shape index (κ1) is 20.4. The Morgan fingerprint density at radius 3 is 2.39 bits per heavy atom. The summed E-state index contributed by atoms with van der Waals surface area (Å²) in [6.07, 6.45) is 3.25. The van der Waals surface area contributed by atoms with Gasteiger partial charge in [-0.05, 0) is 61.8 Å². The molecule has 6 heteroatoms. The van der Waals surface area contributed by atoms with E-state index in [0.717, 1.165) is 31.2 Å². The van der Waals surface area contributed by atoms with Gasteiger partial charge in [0, 0.05) is 4.88 Å². The molecule has 1 atom stereocenters. The van der Waals surface area contributed by atoms with E-state index >= 15 is 0 Å². The monoisotopic (exact) mass is 401 g/mol. The number of anilines is 1. The highest BCUT2D eigenvalue weighted by atomic mass is 32.1. The SMILES string of the molecule is COC(=O)c1c(NC(=O)C(C)Oc2ccc(C(C)C)cc2)sc2c1CCCC2. The van der Waals surface area contributed by atoms with Crippen molar-refractivity contribution in [2.24, 2.45) is 0 Å². The number of methoxy groups -OCH3 is 1. The van der Waals surface area contributed by atoms with Crippen LogP contribution in [0.2, 0.25) is 0 Å². The normalized spacial score (nSPS) is 14.3. The van der Waals surface area contributed by atoms with Crippen molar-refractivity contribution < 1.29 is 19.1 Å². The molecule has 1 N–H and O–H groups in total. The van der Waals surface area contributed by atoms with Gasteiger partial charge >= 0.3 is 5.97 Å². The van der Waals surface area contributed by atoms with Crippen molar-refractivity contribution in [3.8, 4) is 5.75 Å². The van der Waals surface area contributed by atoms with Crippen molar-refractivity contribution in [2.45, 2.75) is 58.5 Å². The van der Waals surface area contributed by atoms with E-state index in [1.807, 2.05) is 24.3 Å². The van der Waals surface area contributed by atoms with Gasteiger partial charge in [-0.2, -0.15) is 0 Å². The van der Waals surface area contributed by atoms with E-state index in [9.17, 15) is 9.59 Å². The predicted octanol–water partition coefficient (Wildman–Crippen LogP) is 4.94. The molecule has 1 aliphatic rings. The Bertz CT molecular complexity index is 854. The zero-order valence-electron chi connectivity index (χ0n) is 16.8. The van der Waals surface area contributed by atoms with Gasteiger partial charge in [-0.15, -0.1) is 11.3 Å². The molecular weight excluding hydrogens is 374 g/mol. The van der Waals surface area contributed by atoms with Crippen molar-refractivity contribution in [1.29, 1.82) is 0 Å². The summed E-state index contributed by atoms with van der Waals surface area (Å²) in [6, 6.07) is 7.77. The third-order valence-corrected chi connectivity index (χ3v) is 6.23. The lowest BCUT2D eigenvalue weighted by atomic mass is 9.95. The molecule has 1 amide bonds. The number of carbonyl (C=O) groups is 2. The van der Waals surface area contributed by atoms with E-state index in [4.69, 9.17) is 9.47 Å². The third kappa shape index (κ3) is 4.38. The maximum absolute atomic E-state index is 12.7. The molecule has 0 spiro atoms. The maximum atomic E-state index is 12.7. The van der Waals surface area contributed by atoms with E-state index in [-0.39, 0.29) is 5.91 Å². The summed E-state index contributed by atoms with van der Waals surface area (Å²) < 4.78 is 10.7. The number of benzene rings is 1. The van der Waals surface area contributed by atoms with Crippen LogP contribution in [0, 0.1) is 0 Å². The molecule has 150 valence electrons. The standard InChI is InChI=1S/C22H27NO4S/c1-13(2)15-9-11-16(12-10-15)27-14(3)20(24)23-21-19(22(25)26-4)17-7-5-6-8-18(17)28-21/h9-14H,5-8H2,1-4H3,(H,23,24). The number of rotatable bonds is 6. The molecule has 2 aromatic rings. The van der Waals surface area contributed by atoms with E-state index in [1.165, 1.54) is 28.9 Å². The Kier molecular flexibility index (Phi) is 6.39. The number of thiophene rings is 1. The van der Waals surface area contributed by atoms with Gasteiger partial charge in [0.15, 0.2) is 6.10 Å². The molecule has 0 bridgehead atoms. The minimum Gasteiger partial charge on any atom is -0.481 e. The first-order chi connectivity index (χ1) is 13.4. The molecule has 0 saturated heterocycles. The molecule has 0 fully saturated rings. The molecule has 0 aliphatic heterocycles. The van der Waals surface area contributed by atoms with Crippen LogP contribution < -0.4 is 10.1 Å². The van der Waals surface area contributed by atoms with Crippen LogP contribution in [0.15, 0.2) is 24.3 Å². The smallest absolute Gasteiger partial charge is 0.341 e. The Morgan fingerprint density at radius 2 is 1.75 bits per heavy atom. The highest BCUT2D eigenvalue weighted by molar-refractivity contribution is 7.17. The van der Waals surface area contributed by atoms with E-state index in [0.29, 0.717) is 22.2 Å². The minimum atomic E-state index is -0.686. The summed E-state index contributed by atoms with van der Waals surface area (Å²) >= 11 is 1.47. The van der Waals surface area contributed by atoms with Crippen LogP contribution >= 0.6 is 11.3 Å². The lowest BCUT2D eigenvalue weighted by molar-refractivity contribution is -0.122. The largest absolute Gasteiger partial charge is 0.481 e. The van der Waals surface area contributed by atoms with Gasteiger partial charge in [-0.3, -0.25) is 4.79 Å². The molecule has 1 aliphatic carbocycles. The predicted molar refractivity (Wildman–Crippen MR) is 112 cm³/mol. The van der Waals surface area contributed by atoms with Gasteiger partial charge in [0.25, 0.3) is 5.91 Å². The van der Waals surface area contributed by atoms with Gasteiger partial charge in [0.1, 0.15) is 10.8 Å². The number of aryl methyl sites for hydroxylation is 1. The van der Waals surface area contributed by atoms with Crippen LogP contribution in [0.25, 0.3) is 0 Å². The number of ether oxygens (including phenoxy) is 2. The van der Waals surface area contributed by atoms with E-state index < -0.39 is 12.1 Å². The lowest BCUT2D eigenvalue weighted by Crippen LogP contribution is -2.30. The van der Waals surface area contributed by atoms with Crippen LogP contribution in [0.5, 0.6) is 5.75 Å². The number of fused-ring (bicyclic) bond motifs is 1. The van der Waals surface area contributed by atoms with Crippen molar-refractivity contribution in [1.82, 2.24) is 0 Å². The molecule has 1 unspecified atom stereocenters. The number of hydrogen-bond donors (Lipinski definition) is 1. The van der Waals surface area contributed by atoms with Gasteiger partial charge in [-0.1, -0.05) is 26.0 Å². The van der Waals surface area contributed by atoms with Crippen molar-refractivity contribution in [3.05, 3.63) is 45.8 Å². The highest BCUT2D eigenvalue weighted by Gasteiger charge is 2.28. The van der Waals surface area contributed by atoms with Crippen LogP contribution in [-0.4, -0.2) is 25.1 Å². The average molecular weight is 402 g/mol. The Labute approximate surface area is 170 Å². The topological polar surface area (TPSA) is 64.6 Å². The van der Waals surface area contributed by atoms with E-state index in [2.05, 4.69) is 19.2 Å². The molecule has 0 radical (unpaired) electrons. The second-order valence-electron chi connectivity index (χ2n) is 7.38. The summed E-state index contributed by atoms with van der Waals surface area (Å²) in [5.74, 6) is 0.409. The zero-order valence-corrected chi connectivity index (χ0v) is 17.7. The van der Waals surface area contributed by atoms with Gasteiger partial charge in [0.2, 0.25) is 0 Å². The summed E-state index contributed by atoms with van der Waals surface area (Å²) in [5, 5.41) is 3.45. The summed E-state index contributed by atoms with van der Waals surface area (Å²) in [7, 11) is 1.37. The number of hydrogen-bond acceptors (Lipinski definition) is 5. The molecule has 5 nitrogen and oxygen atoms in total. The Balaban J connectivity index is 1.73. The molecule has 28 heavy (non-hydrogen) atoms. The second kappa shape index (κ2) is 8.78. The third-order valence-electron chi connectivity index (χ3n) is 5.03. The Morgan fingerprint density at radius 1 is 1.07 bits per heavy atom. The van der Waals surface area contributed by atoms with Crippen LogP contribution in [0.3, 0.4) is 0 Å². The van der Waals surface area contributed by atoms with Crippen LogP contribution in [-0.2, 0) is 22.4 Å². The first-order valence-corrected chi connectivity index (χ1v) is 10.5. The van der Waals surface area contributed by atoms with Gasteiger partial charge < -0.3 is 14.8 Å². The maximum Gasteiger partial charge on any atom is 0.341 e. The molecule has 1 aromatic heterocycles. The summed E-state index contributed by atoms with van der Waals surface area (Å²) in [5.41, 5.74) is 2.75. The Hall–Kier alpha value is -2.34. The minimum absolute atomic E-state index is 0.281. The van der Waals surface area contributed by atoms with Crippen LogP contribution in [0.1, 0.15) is 65.9 Å². The first-order valence-electron chi connectivity index (χ1n) is 9.71.